The van der Waals surface area contributed by atoms with E-state index >= 15 is 0 Å². The van der Waals surface area contributed by atoms with E-state index in [2.05, 4.69) is 5.32 Å². The molecule has 0 aromatic carbocycles. The highest BCUT2D eigenvalue weighted by Gasteiger charge is 2.52. The van der Waals surface area contributed by atoms with E-state index < -0.39 is 47.9 Å². The summed E-state index contributed by atoms with van der Waals surface area (Å²) in [5.41, 5.74) is -2.25. The number of carbonyl (C=O) groups is 3. The largest absolute Gasteiger partial charge is 0.464 e. The van der Waals surface area contributed by atoms with Crippen LogP contribution >= 0.6 is 0 Å². The van der Waals surface area contributed by atoms with Crippen LogP contribution < -0.4 is 5.32 Å². The van der Waals surface area contributed by atoms with E-state index in [9.17, 15) is 19.5 Å². The number of amides is 2. The Hall–Kier alpha value is -1.87. The van der Waals surface area contributed by atoms with Crippen LogP contribution in [-0.2, 0) is 23.8 Å². The van der Waals surface area contributed by atoms with Gasteiger partial charge in [0.2, 0.25) is 5.91 Å². The minimum Gasteiger partial charge on any atom is -0.464 e. The molecule has 0 saturated carbocycles. The summed E-state index contributed by atoms with van der Waals surface area (Å²) in [4.78, 5) is 40.1. The number of nitrogens with one attached hydrogen (secondary N) is 1. The Morgan fingerprint density at radius 2 is 1.75 bits per heavy atom. The fourth-order valence-electron chi connectivity index (χ4n) is 3.49. The van der Waals surface area contributed by atoms with Crippen molar-refractivity contribution in [1.82, 2.24) is 10.2 Å². The molecule has 32 heavy (non-hydrogen) atoms. The minimum absolute atomic E-state index is 0.249. The number of hydrogen-bond acceptors (Lipinski definition) is 7. The molecular formula is C23H42N2O7. The molecule has 0 aliphatic carbocycles. The van der Waals surface area contributed by atoms with Gasteiger partial charge in [0.15, 0.2) is 6.04 Å². The maximum absolute atomic E-state index is 13.4. The van der Waals surface area contributed by atoms with Crippen molar-refractivity contribution in [3.8, 4) is 0 Å². The van der Waals surface area contributed by atoms with Crippen LogP contribution in [0.15, 0.2) is 0 Å². The second-order valence-electron chi connectivity index (χ2n) is 9.33. The molecule has 2 amide bonds. The summed E-state index contributed by atoms with van der Waals surface area (Å²) >= 11 is 0. The highest BCUT2D eigenvalue weighted by atomic mass is 16.6. The molecule has 186 valence electrons. The molecule has 1 aliphatic heterocycles. The van der Waals surface area contributed by atoms with Gasteiger partial charge >= 0.3 is 12.1 Å². The third kappa shape index (κ3) is 7.92. The first-order chi connectivity index (χ1) is 15.0. The van der Waals surface area contributed by atoms with Crippen LogP contribution in [0.3, 0.4) is 0 Å². The highest BCUT2D eigenvalue weighted by molar-refractivity contribution is 5.94. The Morgan fingerprint density at radius 3 is 2.31 bits per heavy atom. The average molecular weight is 459 g/mol. The second-order valence-corrected chi connectivity index (χ2v) is 9.33. The van der Waals surface area contributed by atoms with Gasteiger partial charge in [0.05, 0.1) is 19.3 Å². The summed E-state index contributed by atoms with van der Waals surface area (Å²) in [6.07, 6.45) is 2.82. The normalized spacial score (nSPS) is 20.5. The molecule has 2 unspecified atom stereocenters. The Kier molecular flexibility index (Phi) is 11.4. The number of aliphatic hydroxyl groups is 1. The van der Waals surface area contributed by atoms with Crippen LogP contribution in [0.5, 0.6) is 0 Å². The van der Waals surface area contributed by atoms with Crippen molar-refractivity contribution in [2.45, 2.75) is 103 Å². The number of aliphatic hydroxyl groups excluding tert-OH is 1. The molecule has 9 nitrogen and oxygen atoms in total. The van der Waals surface area contributed by atoms with Crippen molar-refractivity contribution in [2.24, 2.45) is 0 Å². The molecule has 3 atom stereocenters. The van der Waals surface area contributed by atoms with Gasteiger partial charge in [-0.05, 0) is 53.4 Å². The van der Waals surface area contributed by atoms with E-state index in [1.54, 1.807) is 27.7 Å². The van der Waals surface area contributed by atoms with Crippen LogP contribution in [0.4, 0.5) is 4.79 Å². The third-order valence-electron chi connectivity index (χ3n) is 5.42. The van der Waals surface area contributed by atoms with Gasteiger partial charge in [-0.15, -0.1) is 0 Å². The lowest BCUT2D eigenvalue weighted by Gasteiger charge is -2.37. The smallest absolute Gasteiger partial charge is 0.411 e. The number of carbonyl (C=O) groups excluding carboxylic acids is 3. The number of rotatable bonds is 12. The van der Waals surface area contributed by atoms with Crippen molar-refractivity contribution in [2.75, 3.05) is 26.4 Å². The summed E-state index contributed by atoms with van der Waals surface area (Å²) in [5, 5.41) is 12.9. The Morgan fingerprint density at radius 1 is 1.12 bits per heavy atom. The number of nitrogens with zero attached hydrogens (tertiary/aromatic N) is 1. The Labute approximate surface area is 192 Å². The first kappa shape index (κ1) is 28.2. The van der Waals surface area contributed by atoms with Crippen LogP contribution in [0.25, 0.3) is 0 Å². The molecule has 0 aromatic heterocycles. The number of ether oxygens (including phenoxy) is 3. The molecule has 1 rings (SSSR count). The van der Waals surface area contributed by atoms with Crippen LogP contribution in [0, 0.1) is 0 Å². The molecule has 0 radical (unpaired) electrons. The lowest BCUT2D eigenvalue weighted by Crippen LogP contribution is -2.63. The van der Waals surface area contributed by atoms with Crippen LogP contribution in [0.1, 0.15) is 80.1 Å². The summed E-state index contributed by atoms with van der Waals surface area (Å²) in [7, 11) is 0. The molecule has 1 heterocycles. The molecule has 1 fully saturated rings. The van der Waals surface area contributed by atoms with Gasteiger partial charge in [0.1, 0.15) is 11.1 Å². The lowest BCUT2D eigenvalue weighted by molar-refractivity contribution is -0.154. The van der Waals surface area contributed by atoms with Crippen molar-refractivity contribution >= 4 is 18.0 Å². The molecule has 9 heteroatoms. The van der Waals surface area contributed by atoms with E-state index in [0.29, 0.717) is 19.4 Å². The lowest BCUT2D eigenvalue weighted by atomic mass is 9.95. The Balaban J connectivity index is 3.04. The quantitative estimate of drug-likeness (QED) is 0.341. The predicted octanol–water partition coefficient (Wildman–Crippen LogP) is 2.78. The summed E-state index contributed by atoms with van der Waals surface area (Å²) in [6.45, 7) is 11.3. The molecule has 0 bridgehead atoms. The molecule has 2 N–H and O–H groups in total. The fourth-order valence-corrected chi connectivity index (χ4v) is 3.49. The van der Waals surface area contributed by atoms with Crippen molar-refractivity contribution in [3.63, 3.8) is 0 Å². The summed E-state index contributed by atoms with van der Waals surface area (Å²) < 4.78 is 16.5. The topological polar surface area (TPSA) is 114 Å². The van der Waals surface area contributed by atoms with E-state index in [4.69, 9.17) is 14.2 Å². The van der Waals surface area contributed by atoms with Crippen LogP contribution in [0.2, 0.25) is 0 Å². The average Bonchev–Trinajstić information content (AvgIpc) is 3.16. The fraction of sp³-hybridized carbons (Fsp3) is 0.870. The molecule has 0 spiro atoms. The predicted molar refractivity (Wildman–Crippen MR) is 120 cm³/mol. The van der Waals surface area contributed by atoms with Crippen LogP contribution in [-0.4, -0.2) is 77.6 Å². The van der Waals surface area contributed by atoms with Gasteiger partial charge < -0.3 is 24.6 Å². The Bertz CT molecular complexity index is 620. The van der Waals surface area contributed by atoms with Gasteiger partial charge in [-0.25, -0.2) is 9.59 Å². The first-order valence-corrected chi connectivity index (χ1v) is 11.7. The SMILES string of the molecule is CCCCOC(=O)C(NC(=O)C1(CO)CCCN1C(=O)OC(C)(C)C)[C@@H](C)OCCCC. The van der Waals surface area contributed by atoms with Gasteiger partial charge in [-0.1, -0.05) is 26.7 Å². The zero-order valence-electron chi connectivity index (χ0n) is 20.6. The van der Waals surface area contributed by atoms with E-state index in [-0.39, 0.29) is 19.6 Å². The zero-order chi connectivity index (χ0) is 24.4. The van der Waals surface area contributed by atoms with Gasteiger partial charge in [0, 0.05) is 13.2 Å². The highest BCUT2D eigenvalue weighted by Crippen LogP contribution is 2.31. The molecule has 1 aliphatic rings. The zero-order valence-corrected chi connectivity index (χ0v) is 20.6. The van der Waals surface area contributed by atoms with E-state index in [0.717, 1.165) is 19.3 Å². The van der Waals surface area contributed by atoms with Crippen molar-refractivity contribution < 1.29 is 33.7 Å². The third-order valence-corrected chi connectivity index (χ3v) is 5.42. The number of esters is 1. The van der Waals surface area contributed by atoms with Gasteiger partial charge in [-0.2, -0.15) is 0 Å². The second kappa shape index (κ2) is 13.0. The maximum atomic E-state index is 13.4. The van der Waals surface area contributed by atoms with Gasteiger partial charge in [-0.3, -0.25) is 9.69 Å². The van der Waals surface area contributed by atoms with Crippen molar-refractivity contribution in [1.29, 1.82) is 0 Å². The van der Waals surface area contributed by atoms with E-state index in [1.165, 1.54) is 4.90 Å². The van der Waals surface area contributed by atoms with E-state index in [1.807, 2.05) is 13.8 Å². The molecular weight excluding hydrogens is 416 g/mol. The summed E-state index contributed by atoms with van der Waals surface area (Å²) in [6, 6.07) is -1.05. The number of unbranched alkanes of at least 4 members (excludes halogenated alkanes) is 2. The standard InChI is InChI=1S/C23H42N2O7/c1-7-9-14-30-17(3)18(19(27)31-15-10-8-2)24-20(28)23(16-26)12-11-13-25(23)21(29)32-22(4,5)6/h17-18,26H,7-16H2,1-6H3,(H,24,28)/t17-,18?,23?/m1/s1. The minimum atomic E-state index is -1.51. The van der Waals surface area contributed by atoms with Gasteiger partial charge in [0.25, 0.3) is 0 Å². The van der Waals surface area contributed by atoms with Crippen molar-refractivity contribution in [3.05, 3.63) is 0 Å². The maximum Gasteiger partial charge on any atom is 0.411 e. The molecule has 1 saturated heterocycles. The summed E-state index contributed by atoms with van der Waals surface area (Å²) in [5.74, 6) is -1.21. The number of hydrogen-bond donors (Lipinski definition) is 2. The monoisotopic (exact) mass is 458 g/mol. The molecule has 0 aromatic rings. The number of likely N-dealkylation sites (tertiary alicyclic amines) is 1. The first-order valence-electron chi connectivity index (χ1n) is 11.7.